The minimum Gasteiger partial charge on any atom is -0.437 e. The van der Waals surface area contributed by atoms with Crippen molar-refractivity contribution in [1.82, 2.24) is 24.8 Å². The average molecular weight is 395 g/mol. The first-order valence-electron chi connectivity index (χ1n) is 7.92. The fraction of sp³-hybridized carbons (Fsp3) is 0. The Balaban J connectivity index is 1.47. The van der Waals surface area contributed by atoms with Gasteiger partial charge in [-0.2, -0.15) is 4.52 Å². The molecular formula is C18H10FN5OS2. The Morgan fingerprint density at radius 2 is 2.00 bits per heavy atom. The molecule has 27 heavy (non-hydrogen) atoms. The summed E-state index contributed by atoms with van der Waals surface area (Å²) in [7, 11) is 0. The normalized spacial score (nSPS) is 11.3. The summed E-state index contributed by atoms with van der Waals surface area (Å²) < 4.78 is 21.7. The number of ether oxygens (including phenoxy) is 1. The zero-order valence-electron chi connectivity index (χ0n) is 13.6. The lowest BCUT2D eigenvalue weighted by atomic mass is 10.3. The molecule has 0 unspecified atom stereocenters. The highest BCUT2D eigenvalue weighted by Gasteiger charge is 2.11. The molecule has 0 aliphatic rings. The summed E-state index contributed by atoms with van der Waals surface area (Å²) in [5.41, 5.74) is 3.39. The Morgan fingerprint density at radius 1 is 1.04 bits per heavy atom. The first kappa shape index (κ1) is 16.2. The second-order valence-electron chi connectivity index (χ2n) is 5.57. The fourth-order valence-corrected chi connectivity index (χ4v) is 4.14. The highest BCUT2D eigenvalue weighted by Crippen LogP contribution is 2.30. The number of benzene rings is 2. The molecule has 0 spiro atoms. The molecule has 0 saturated heterocycles. The third-order valence-electron chi connectivity index (χ3n) is 3.74. The van der Waals surface area contributed by atoms with Gasteiger partial charge in [-0.25, -0.2) is 9.37 Å². The largest absolute Gasteiger partial charge is 0.437 e. The monoisotopic (exact) mass is 395 g/mol. The molecule has 3 aromatic heterocycles. The number of hydrogen-bond donors (Lipinski definition) is 0. The number of aromatic nitrogens is 5. The van der Waals surface area contributed by atoms with Gasteiger partial charge in [0.2, 0.25) is 11.0 Å². The van der Waals surface area contributed by atoms with Crippen LogP contribution in [0, 0.1) is 5.82 Å². The molecule has 0 N–H and O–H groups in total. The highest BCUT2D eigenvalue weighted by atomic mass is 32.2. The molecule has 0 bridgehead atoms. The minimum absolute atomic E-state index is 0.327. The Morgan fingerprint density at radius 3 is 2.93 bits per heavy atom. The summed E-state index contributed by atoms with van der Waals surface area (Å²) in [6.07, 6.45) is 0. The number of fused-ring (bicyclic) bond motifs is 2. The maximum absolute atomic E-state index is 13.3. The number of halogens is 1. The summed E-state index contributed by atoms with van der Waals surface area (Å²) in [5, 5.41) is 13.4. The highest BCUT2D eigenvalue weighted by molar-refractivity contribution is 7.99. The molecule has 5 aromatic rings. The van der Waals surface area contributed by atoms with Crippen LogP contribution in [0.4, 0.5) is 4.39 Å². The van der Waals surface area contributed by atoms with E-state index in [2.05, 4.69) is 26.3 Å². The maximum atomic E-state index is 13.3. The van der Waals surface area contributed by atoms with Gasteiger partial charge in [-0.05, 0) is 48.2 Å². The van der Waals surface area contributed by atoms with E-state index in [0.717, 1.165) is 15.1 Å². The van der Waals surface area contributed by atoms with Crippen LogP contribution in [-0.4, -0.2) is 24.8 Å². The Kier molecular flexibility index (Phi) is 3.95. The Labute approximate surface area is 160 Å². The van der Waals surface area contributed by atoms with E-state index < -0.39 is 0 Å². The van der Waals surface area contributed by atoms with Crippen LogP contribution < -0.4 is 4.74 Å². The molecule has 0 amide bonds. The third-order valence-corrected chi connectivity index (χ3v) is 5.46. The van der Waals surface area contributed by atoms with Gasteiger partial charge in [-0.3, -0.25) is 0 Å². The molecule has 0 radical (unpaired) electrons. The SMILES string of the molecule is Fc1cccc(Oc2ccc3nnc(Sc4ccc5ncsc5c4)n3n2)c1. The lowest BCUT2D eigenvalue weighted by Gasteiger charge is -2.05. The molecule has 3 heterocycles. The summed E-state index contributed by atoms with van der Waals surface area (Å²) in [6, 6.07) is 15.4. The second-order valence-corrected chi connectivity index (χ2v) is 7.49. The standard InChI is InChI=1S/C18H10FN5OS2/c19-11-2-1-3-12(8-11)25-17-7-6-16-21-22-18(24(16)23-17)27-13-4-5-14-15(9-13)26-10-20-14/h1-10H. The van der Waals surface area contributed by atoms with Crippen LogP contribution in [0.5, 0.6) is 11.6 Å². The fourth-order valence-electron chi connectivity index (χ4n) is 2.53. The predicted octanol–water partition coefficient (Wildman–Crippen LogP) is 4.82. The van der Waals surface area contributed by atoms with Gasteiger partial charge in [0.05, 0.1) is 15.7 Å². The smallest absolute Gasteiger partial charge is 0.237 e. The van der Waals surface area contributed by atoms with Gasteiger partial charge in [0.1, 0.15) is 11.6 Å². The van der Waals surface area contributed by atoms with E-state index >= 15 is 0 Å². The second kappa shape index (κ2) is 6.60. The van der Waals surface area contributed by atoms with E-state index in [-0.39, 0.29) is 5.82 Å². The molecule has 0 aliphatic carbocycles. The molecule has 2 aromatic carbocycles. The molecule has 0 fully saturated rings. The molecule has 6 nitrogen and oxygen atoms in total. The van der Waals surface area contributed by atoms with Gasteiger partial charge in [0, 0.05) is 17.0 Å². The predicted molar refractivity (Wildman–Crippen MR) is 101 cm³/mol. The van der Waals surface area contributed by atoms with Crippen LogP contribution in [-0.2, 0) is 0 Å². The first-order valence-corrected chi connectivity index (χ1v) is 9.61. The van der Waals surface area contributed by atoms with Crippen molar-refractivity contribution in [2.24, 2.45) is 0 Å². The van der Waals surface area contributed by atoms with Crippen molar-refractivity contribution in [3.05, 3.63) is 65.9 Å². The van der Waals surface area contributed by atoms with Crippen LogP contribution in [0.2, 0.25) is 0 Å². The van der Waals surface area contributed by atoms with Gasteiger partial charge < -0.3 is 4.74 Å². The molecule has 0 atom stereocenters. The summed E-state index contributed by atoms with van der Waals surface area (Å²) in [5.74, 6) is 0.333. The lowest BCUT2D eigenvalue weighted by molar-refractivity contribution is 0.445. The maximum Gasteiger partial charge on any atom is 0.237 e. The molecule has 0 saturated carbocycles. The van der Waals surface area contributed by atoms with Crippen LogP contribution >= 0.6 is 23.1 Å². The number of hydrogen-bond acceptors (Lipinski definition) is 7. The van der Waals surface area contributed by atoms with Crippen LogP contribution in [0.15, 0.2) is 70.2 Å². The molecular weight excluding hydrogens is 385 g/mol. The lowest BCUT2D eigenvalue weighted by Crippen LogP contribution is -1.97. The molecule has 0 aliphatic heterocycles. The van der Waals surface area contributed by atoms with E-state index in [9.17, 15) is 4.39 Å². The molecule has 9 heteroatoms. The molecule has 132 valence electrons. The average Bonchev–Trinajstić information content (AvgIpc) is 3.28. The van der Waals surface area contributed by atoms with Crippen molar-refractivity contribution in [2.45, 2.75) is 10.1 Å². The van der Waals surface area contributed by atoms with Gasteiger partial charge in [0.25, 0.3) is 0 Å². The van der Waals surface area contributed by atoms with Crippen LogP contribution in [0.3, 0.4) is 0 Å². The van der Waals surface area contributed by atoms with Gasteiger partial charge in [-0.1, -0.05) is 6.07 Å². The molecule has 5 rings (SSSR count). The summed E-state index contributed by atoms with van der Waals surface area (Å²) in [4.78, 5) is 5.30. The summed E-state index contributed by atoms with van der Waals surface area (Å²) in [6.45, 7) is 0. The van der Waals surface area contributed by atoms with E-state index in [4.69, 9.17) is 4.74 Å². The first-order chi connectivity index (χ1) is 13.2. The van der Waals surface area contributed by atoms with Crippen molar-refractivity contribution in [3.8, 4) is 11.6 Å². The van der Waals surface area contributed by atoms with E-state index in [0.29, 0.717) is 22.4 Å². The number of nitrogens with zero attached hydrogens (tertiary/aromatic N) is 5. The topological polar surface area (TPSA) is 65.2 Å². The van der Waals surface area contributed by atoms with Crippen molar-refractivity contribution in [3.63, 3.8) is 0 Å². The van der Waals surface area contributed by atoms with Gasteiger partial charge in [0.15, 0.2) is 5.65 Å². The Hall–Kier alpha value is -3.04. The van der Waals surface area contributed by atoms with Crippen molar-refractivity contribution in [1.29, 1.82) is 0 Å². The van der Waals surface area contributed by atoms with Crippen LogP contribution in [0.25, 0.3) is 15.9 Å². The van der Waals surface area contributed by atoms with Crippen molar-refractivity contribution >= 4 is 39.0 Å². The summed E-state index contributed by atoms with van der Waals surface area (Å²) >= 11 is 3.04. The van der Waals surface area contributed by atoms with Crippen molar-refractivity contribution < 1.29 is 9.13 Å². The van der Waals surface area contributed by atoms with Crippen molar-refractivity contribution in [2.75, 3.05) is 0 Å². The zero-order chi connectivity index (χ0) is 18.2. The van der Waals surface area contributed by atoms with E-state index in [1.165, 1.54) is 23.9 Å². The third kappa shape index (κ3) is 3.22. The van der Waals surface area contributed by atoms with Gasteiger partial charge >= 0.3 is 0 Å². The quantitative estimate of drug-likeness (QED) is 0.435. The Bertz CT molecular complexity index is 1270. The van der Waals surface area contributed by atoms with E-state index in [1.54, 1.807) is 40.1 Å². The number of thiazole rings is 1. The van der Waals surface area contributed by atoms with Gasteiger partial charge in [-0.15, -0.1) is 26.6 Å². The number of rotatable bonds is 4. The zero-order valence-corrected chi connectivity index (χ0v) is 15.2. The van der Waals surface area contributed by atoms with Crippen LogP contribution in [0.1, 0.15) is 0 Å². The van der Waals surface area contributed by atoms with E-state index in [1.807, 2.05) is 17.6 Å². The minimum atomic E-state index is -0.368.